The number of hydrogen-bond acceptors (Lipinski definition) is 2. The van der Waals surface area contributed by atoms with Crippen molar-refractivity contribution in [1.29, 1.82) is 5.41 Å². The highest BCUT2D eigenvalue weighted by molar-refractivity contribution is 5.78. The second-order valence-electron chi connectivity index (χ2n) is 3.92. The summed E-state index contributed by atoms with van der Waals surface area (Å²) >= 11 is 0. The number of aromatic amines is 1. The number of H-pyrrole nitrogens is 1. The van der Waals surface area contributed by atoms with Crippen molar-refractivity contribution in [3.63, 3.8) is 0 Å². The molecule has 1 aliphatic carbocycles. The molecule has 0 saturated heterocycles. The maximum Gasteiger partial charge on any atom is 0.257 e. The lowest BCUT2D eigenvalue weighted by Gasteiger charge is -2.25. The maximum absolute atomic E-state index is 11.5. The van der Waals surface area contributed by atoms with Gasteiger partial charge < -0.3 is 10.4 Å². The van der Waals surface area contributed by atoms with Gasteiger partial charge >= 0.3 is 0 Å². The van der Waals surface area contributed by atoms with Gasteiger partial charge in [-0.1, -0.05) is 6.42 Å². The second-order valence-corrected chi connectivity index (χ2v) is 3.92. The summed E-state index contributed by atoms with van der Waals surface area (Å²) in [5.74, 6) is 0.543. The first kappa shape index (κ1) is 9.19. The highest BCUT2D eigenvalue weighted by atomic mass is 16.1. The van der Waals surface area contributed by atoms with Gasteiger partial charge in [-0.05, 0) is 37.3 Å². The molecule has 1 heterocycles. The van der Waals surface area contributed by atoms with Crippen LogP contribution in [0.1, 0.15) is 42.0 Å². The number of aromatic nitrogens is 1. The zero-order chi connectivity index (χ0) is 10.1. The molecule has 0 atom stereocenters. The van der Waals surface area contributed by atoms with Crippen LogP contribution in [0.3, 0.4) is 0 Å². The smallest absolute Gasteiger partial charge is 0.257 e. The Labute approximate surface area is 82.7 Å². The van der Waals surface area contributed by atoms with Gasteiger partial charge in [0.05, 0.1) is 5.56 Å². The van der Waals surface area contributed by atoms with Crippen molar-refractivity contribution in [2.45, 2.75) is 32.1 Å². The van der Waals surface area contributed by atoms with Crippen molar-refractivity contribution >= 4 is 6.21 Å². The summed E-state index contributed by atoms with van der Waals surface area (Å²) in [5.41, 5.74) is 2.31. The lowest BCUT2D eigenvalue weighted by atomic mass is 9.82. The average molecular weight is 190 g/mol. The summed E-state index contributed by atoms with van der Waals surface area (Å²) < 4.78 is 0. The third kappa shape index (κ3) is 1.39. The first-order valence-electron chi connectivity index (χ1n) is 4.96. The van der Waals surface area contributed by atoms with Crippen molar-refractivity contribution in [2.75, 3.05) is 0 Å². The summed E-state index contributed by atoms with van der Waals surface area (Å²) in [4.78, 5) is 14.4. The fourth-order valence-corrected chi connectivity index (χ4v) is 1.84. The fourth-order valence-electron chi connectivity index (χ4n) is 1.84. The molecule has 3 nitrogen and oxygen atoms in total. The molecular weight excluding hydrogens is 176 g/mol. The van der Waals surface area contributed by atoms with E-state index >= 15 is 0 Å². The summed E-state index contributed by atoms with van der Waals surface area (Å²) in [6, 6.07) is 2.01. The van der Waals surface area contributed by atoms with Crippen molar-refractivity contribution in [3.8, 4) is 0 Å². The van der Waals surface area contributed by atoms with Gasteiger partial charge in [-0.3, -0.25) is 4.79 Å². The van der Waals surface area contributed by atoms with E-state index in [2.05, 4.69) is 4.98 Å². The van der Waals surface area contributed by atoms with Crippen molar-refractivity contribution < 1.29 is 0 Å². The Kier molecular flexibility index (Phi) is 2.23. The molecule has 0 spiro atoms. The van der Waals surface area contributed by atoms with Gasteiger partial charge in [0.2, 0.25) is 0 Å². The van der Waals surface area contributed by atoms with Crippen LogP contribution in [0.2, 0.25) is 0 Å². The molecule has 1 aromatic heterocycles. The van der Waals surface area contributed by atoms with Gasteiger partial charge in [0.1, 0.15) is 0 Å². The normalized spacial score (nSPS) is 16.4. The molecule has 0 unspecified atom stereocenters. The molecule has 0 radical (unpaired) electrons. The third-order valence-electron chi connectivity index (χ3n) is 2.99. The molecule has 1 aromatic rings. The molecule has 1 aliphatic rings. The minimum absolute atomic E-state index is 0.123. The van der Waals surface area contributed by atoms with E-state index in [9.17, 15) is 4.79 Å². The molecule has 2 rings (SSSR count). The Morgan fingerprint density at radius 3 is 2.71 bits per heavy atom. The maximum atomic E-state index is 11.5. The third-order valence-corrected chi connectivity index (χ3v) is 2.99. The van der Waals surface area contributed by atoms with Crippen LogP contribution in [0.25, 0.3) is 0 Å². The summed E-state index contributed by atoms with van der Waals surface area (Å²) in [6.45, 7) is 1.89. The molecule has 2 N–H and O–H groups in total. The van der Waals surface area contributed by atoms with E-state index in [0.29, 0.717) is 11.5 Å². The zero-order valence-corrected chi connectivity index (χ0v) is 8.26. The number of hydrogen-bond donors (Lipinski definition) is 2. The minimum Gasteiger partial charge on any atom is -0.325 e. The Hall–Kier alpha value is -1.38. The zero-order valence-electron chi connectivity index (χ0n) is 8.26. The summed E-state index contributed by atoms with van der Waals surface area (Å²) in [7, 11) is 0. The van der Waals surface area contributed by atoms with Crippen LogP contribution < -0.4 is 5.56 Å². The lowest BCUT2D eigenvalue weighted by molar-refractivity contribution is 0.410. The van der Waals surface area contributed by atoms with Crippen LogP contribution in [0, 0.1) is 12.3 Å². The molecule has 74 valence electrons. The number of nitrogens with one attached hydrogen (secondary N) is 2. The SMILES string of the molecule is Cc1cc(C2CCC2)[nH]c(=O)c1C=N. The van der Waals surface area contributed by atoms with Crippen molar-refractivity contribution in [1.82, 2.24) is 4.98 Å². The summed E-state index contributed by atoms with van der Waals surface area (Å²) in [5, 5.41) is 7.12. The Morgan fingerprint density at radius 1 is 1.57 bits per heavy atom. The van der Waals surface area contributed by atoms with E-state index in [1.165, 1.54) is 19.3 Å². The molecule has 1 fully saturated rings. The quantitative estimate of drug-likeness (QED) is 0.688. The van der Waals surface area contributed by atoms with Gasteiger partial charge in [0.15, 0.2) is 0 Å². The molecule has 14 heavy (non-hydrogen) atoms. The van der Waals surface area contributed by atoms with E-state index in [-0.39, 0.29) is 5.56 Å². The average Bonchev–Trinajstić information content (AvgIpc) is 2.00. The van der Waals surface area contributed by atoms with Gasteiger partial charge in [-0.25, -0.2) is 0 Å². The number of aryl methyl sites for hydroxylation is 1. The van der Waals surface area contributed by atoms with Gasteiger partial charge in [-0.2, -0.15) is 0 Å². The number of rotatable bonds is 2. The van der Waals surface area contributed by atoms with Crippen LogP contribution in [-0.2, 0) is 0 Å². The van der Waals surface area contributed by atoms with Crippen LogP contribution in [0.5, 0.6) is 0 Å². The largest absolute Gasteiger partial charge is 0.325 e. The lowest BCUT2D eigenvalue weighted by Crippen LogP contribution is -2.20. The Morgan fingerprint density at radius 2 is 2.29 bits per heavy atom. The van der Waals surface area contributed by atoms with Crippen molar-refractivity contribution in [2.24, 2.45) is 0 Å². The molecule has 0 amide bonds. The molecule has 0 aromatic carbocycles. The second kappa shape index (κ2) is 3.40. The Bertz CT molecular complexity index is 416. The van der Waals surface area contributed by atoms with E-state index in [0.717, 1.165) is 17.5 Å². The van der Waals surface area contributed by atoms with Crippen LogP contribution in [0.4, 0.5) is 0 Å². The fraction of sp³-hybridized carbons (Fsp3) is 0.455. The van der Waals surface area contributed by atoms with E-state index < -0.39 is 0 Å². The van der Waals surface area contributed by atoms with Gasteiger partial charge in [0, 0.05) is 11.9 Å². The standard InChI is InChI=1S/C11H14N2O/c1-7-5-10(8-3-2-4-8)13-11(14)9(7)6-12/h5-6,8,12H,2-4H2,1H3,(H,13,14). The topological polar surface area (TPSA) is 56.7 Å². The van der Waals surface area contributed by atoms with Crippen molar-refractivity contribution in [3.05, 3.63) is 33.2 Å². The highest BCUT2D eigenvalue weighted by Gasteiger charge is 2.21. The molecule has 3 heteroatoms. The van der Waals surface area contributed by atoms with Crippen LogP contribution in [0.15, 0.2) is 10.9 Å². The Balaban J connectivity index is 2.45. The van der Waals surface area contributed by atoms with E-state index in [4.69, 9.17) is 5.41 Å². The predicted octanol–water partition coefficient (Wildman–Crippen LogP) is 1.95. The van der Waals surface area contributed by atoms with E-state index in [1.807, 2.05) is 13.0 Å². The minimum atomic E-state index is -0.123. The molecule has 0 aliphatic heterocycles. The van der Waals surface area contributed by atoms with Gasteiger partial charge in [-0.15, -0.1) is 0 Å². The van der Waals surface area contributed by atoms with Crippen LogP contribution >= 0.6 is 0 Å². The highest BCUT2D eigenvalue weighted by Crippen LogP contribution is 2.34. The molecular formula is C11H14N2O. The first-order chi connectivity index (χ1) is 6.72. The monoisotopic (exact) mass is 190 g/mol. The van der Waals surface area contributed by atoms with Crippen LogP contribution in [-0.4, -0.2) is 11.2 Å². The van der Waals surface area contributed by atoms with E-state index in [1.54, 1.807) is 0 Å². The predicted molar refractivity (Wildman–Crippen MR) is 56.3 cm³/mol. The molecule has 1 saturated carbocycles. The number of pyridine rings is 1. The summed E-state index contributed by atoms with van der Waals surface area (Å²) in [6.07, 6.45) is 4.75. The van der Waals surface area contributed by atoms with Gasteiger partial charge in [0.25, 0.3) is 5.56 Å². The first-order valence-corrected chi connectivity index (χ1v) is 4.96. The molecule has 0 bridgehead atoms.